The summed E-state index contributed by atoms with van der Waals surface area (Å²) in [7, 11) is 0. The predicted octanol–water partition coefficient (Wildman–Crippen LogP) is 2.46. The van der Waals surface area contributed by atoms with Gasteiger partial charge in [0.2, 0.25) is 0 Å². The number of aliphatic carboxylic acids is 1. The number of carbonyl (C=O) groups excluding carboxylic acids is 1. The first-order valence-corrected chi connectivity index (χ1v) is 8.57. The van der Waals surface area contributed by atoms with Crippen molar-refractivity contribution in [2.45, 2.75) is 58.0 Å². The lowest BCUT2D eigenvalue weighted by atomic mass is 9.84. The summed E-state index contributed by atoms with van der Waals surface area (Å²) in [6, 6.07) is -0.364. The van der Waals surface area contributed by atoms with Crippen LogP contribution in [0.25, 0.3) is 0 Å². The Hall–Kier alpha value is -0.910. The Balaban J connectivity index is 2.34. The second-order valence-corrected chi connectivity index (χ2v) is 6.73. The molecule has 20 heavy (non-hydrogen) atoms. The molecule has 5 nitrogen and oxygen atoms in total. The van der Waals surface area contributed by atoms with Crippen molar-refractivity contribution < 1.29 is 14.7 Å². The van der Waals surface area contributed by atoms with Crippen molar-refractivity contribution in [3.05, 3.63) is 0 Å². The van der Waals surface area contributed by atoms with Crippen molar-refractivity contribution in [3.8, 4) is 0 Å². The molecule has 0 heterocycles. The van der Waals surface area contributed by atoms with Gasteiger partial charge in [-0.2, -0.15) is 11.8 Å². The smallest absolute Gasteiger partial charge is 0.315 e. The van der Waals surface area contributed by atoms with Crippen LogP contribution in [0.1, 0.15) is 46.0 Å². The molecule has 1 aliphatic carbocycles. The van der Waals surface area contributed by atoms with E-state index >= 15 is 0 Å². The van der Waals surface area contributed by atoms with E-state index in [1.54, 1.807) is 0 Å². The molecule has 3 atom stereocenters. The largest absolute Gasteiger partial charge is 0.481 e. The standard InChI is InChI=1S/C14H26N2O3S/c1-3-20-9-8-10(2)15-14(19)16-12-7-5-4-6-11(12)13(17)18/h10-12H,3-9H2,1-2H3,(H,17,18)(H2,15,16,19). The van der Waals surface area contributed by atoms with Crippen LogP contribution in [0.4, 0.5) is 4.79 Å². The van der Waals surface area contributed by atoms with Crippen LogP contribution in [0.3, 0.4) is 0 Å². The fraction of sp³-hybridized carbons (Fsp3) is 0.857. The highest BCUT2D eigenvalue weighted by atomic mass is 32.2. The van der Waals surface area contributed by atoms with Gasteiger partial charge in [-0.25, -0.2) is 4.79 Å². The molecule has 6 heteroatoms. The highest BCUT2D eigenvalue weighted by Crippen LogP contribution is 2.24. The summed E-state index contributed by atoms with van der Waals surface area (Å²) in [6.45, 7) is 4.09. The van der Waals surface area contributed by atoms with Crippen LogP contribution >= 0.6 is 11.8 Å². The molecule has 0 aliphatic heterocycles. The number of hydrogen-bond acceptors (Lipinski definition) is 3. The third-order valence-electron chi connectivity index (χ3n) is 3.68. The molecular formula is C14H26N2O3S. The summed E-state index contributed by atoms with van der Waals surface area (Å²) >= 11 is 1.85. The number of carbonyl (C=O) groups is 2. The van der Waals surface area contributed by atoms with Gasteiger partial charge in [0.15, 0.2) is 0 Å². The molecule has 0 bridgehead atoms. The van der Waals surface area contributed by atoms with E-state index in [0.717, 1.165) is 37.2 Å². The van der Waals surface area contributed by atoms with Crippen LogP contribution in [0.5, 0.6) is 0 Å². The minimum Gasteiger partial charge on any atom is -0.481 e. The van der Waals surface area contributed by atoms with Crippen molar-refractivity contribution in [2.24, 2.45) is 5.92 Å². The lowest BCUT2D eigenvalue weighted by molar-refractivity contribution is -0.143. The molecule has 116 valence electrons. The van der Waals surface area contributed by atoms with Crippen LogP contribution in [-0.2, 0) is 4.79 Å². The van der Waals surface area contributed by atoms with Crippen molar-refractivity contribution in [1.29, 1.82) is 0 Å². The Morgan fingerprint density at radius 1 is 1.35 bits per heavy atom. The maximum absolute atomic E-state index is 11.9. The zero-order valence-corrected chi connectivity index (χ0v) is 13.2. The molecule has 0 aromatic heterocycles. The molecule has 2 amide bonds. The SMILES string of the molecule is CCSCCC(C)NC(=O)NC1CCCCC1C(=O)O. The van der Waals surface area contributed by atoms with E-state index in [-0.39, 0.29) is 18.1 Å². The number of urea groups is 1. The van der Waals surface area contributed by atoms with Gasteiger partial charge in [-0.3, -0.25) is 4.79 Å². The second-order valence-electron chi connectivity index (χ2n) is 5.34. The van der Waals surface area contributed by atoms with E-state index < -0.39 is 11.9 Å². The molecular weight excluding hydrogens is 276 g/mol. The number of thioether (sulfide) groups is 1. The zero-order valence-electron chi connectivity index (χ0n) is 12.4. The first-order valence-electron chi connectivity index (χ1n) is 7.42. The molecule has 1 fully saturated rings. The van der Waals surface area contributed by atoms with Crippen molar-refractivity contribution in [3.63, 3.8) is 0 Å². The van der Waals surface area contributed by atoms with Crippen molar-refractivity contribution >= 4 is 23.8 Å². The monoisotopic (exact) mass is 302 g/mol. The Bertz CT molecular complexity index is 326. The Labute approximate surface area is 125 Å². The Morgan fingerprint density at radius 3 is 2.70 bits per heavy atom. The fourth-order valence-corrected chi connectivity index (χ4v) is 3.32. The Kier molecular flexibility index (Phi) is 7.80. The van der Waals surface area contributed by atoms with E-state index in [2.05, 4.69) is 17.6 Å². The van der Waals surface area contributed by atoms with E-state index in [0.29, 0.717) is 6.42 Å². The summed E-state index contributed by atoms with van der Waals surface area (Å²) in [5.41, 5.74) is 0. The maximum atomic E-state index is 11.9. The highest BCUT2D eigenvalue weighted by molar-refractivity contribution is 7.99. The van der Waals surface area contributed by atoms with Gasteiger partial charge >= 0.3 is 12.0 Å². The van der Waals surface area contributed by atoms with E-state index in [9.17, 15) is 14.7 Å². The van der Waals surface area contributed by atoms with Gasteiger partial charge < -0.3 is 15.7 Å². The van der Waals surface area contributed by atoms with Gasteiger partial charge in [-0.1, -0.05) is 19.8 Å². The average Bonchev–Trinajstić information content (AvgIpc) is 2.39. The summed E-state index contributed by atoms with van der Waals surface area (Å²) in [5, 5.41) is 14.9. The van der Waals surface area contributed by atoms with Gasteiger partial charge in [0, 0.05) is 12.1 Å². The van der Waals surface area contributed by atoms with Gasteiger partial charge in [0.1, 0.15) is 0 Å². The van der Waals surface area contributed by atoms with Crippen LogP contribution in [0.2, 0.25) is 0 Å². The van der Waals surface area contributed by atoms with E-state index in [1.807, 2.05) is 18.7 Å². The third kappa shape index (κ3) is 6.03. The molecule has 0 aromatic carbocycles. The number of amides is 2. The normalized spacial score (nSPS) is 23.9. The zero-order chi connectivity index (χ0) is 15.0. The first kappa shape index (κ1) is 17.1. The number of carboxylic acids is 1. The van der Waals surface area contributed by atoms with E-state index in [4.69, 9.17) is 0 Å². The number of carboxylic acid groups (broad SMARTS) is 1. The molecule has 1 saturated carbocycles. The first-order chi connectivity index (χ1) is 9.54. The lowest BCUT2D eigenvalue weighted by Gasteiger charge is -2.29. The number of nitrogens with one attached hydrogen (secondary N) is 2. The van der Waals surface area contributed by atoms with Gasteiger partial charge in [-0.15, -0.1) is 0 Å². The molecule has 0 aromatic rings. The lowest BCUT2D eigenvalue weighted by Crippen LogP contribution is -2.50. The molecule has 1 aliphatic rings. The molecule has 0 spiro atoms. The number of hydrogen-bond donors (Lipinski definition) is 3. The van der Waals surface area contributed by atoms with Crippen LogP contribution in [0, 0.1) is 5.92 Å². The molecule has 0 radical (unpaired) electrons. The fourth-order valence-electron chi connectivity index (χ4n) is 2.51. The molecule has 3 unspecified atom stereocenters. The Morgan fingerprint density at radius 2 is 2.05 bits per heavy atom. The van der Waals surface area contributed by atoms with Gasteiger partial charge in [0.25, 0.3) is 0 Å². The van der Waals surface area contributed by atoms with Gasteiger partial charge in [0.05, 0.1) is 5.92 Å². The average molecular weight is 302 g/mol. The summed E-state index contributed by atoms with van der Waals surface area (Å²) in [6.07, 6.45) is 4.26. The maximum Gasteiger partial charge on any atom is 0.315 e. The minimum absolute atomic E-state index is 0.112. The summed E-state index contributed by atoms with van der Waals surface area (Å²) in [4.78, 5) is 23.1. The molecule has 0 saturated heterocycles. The van der Waals surface area contributed by atoms with Crippen LogP contribution < -0.4 is 10.6 Å². The van der Waals surface area contributed by atoms with Crippen LogP contribution in [-0.4, -0.2) is 40.7 Å². The number of rotatable bonds is 7. The predicted molar refractivity (Wildman–Crippen MR) is 82.1 cm³/mol. The quantitative estimate of drug-likeness (QED) is 0.631. The third-order valence-corrected chi connectivity index (χ3v) is 4.61. The minimum atomic E-state index is -0.803. The van der Waals surface area contributed by atoms with Gasteiger partial charge in [-0.05, 0) is 37.7 Å². The highest BCUT2D eigenvalue weighted by Gasteiger charge is 2.31. The molecule has 1 rings (SSSR count). The summed E-state index contributed by atoms with van der Waals surface area (Å²) in [5.74, 6) is 0.864. The van der Waals surface area contributed by atoms with E-state index in [1.165, 1.54) is 0 Å². The van der Waals surface area contributed by atoms with Crippen molar-refractivity contribution in [2.75, 3.05) is 11.5 Å². The second kappa shape index (κ2) is 9.10. The molecule has 3 N–H and O–H groups in total. The van der Waals surface area contributed by atoms with Crippen molar-refractivity contribution in [1.82, 2.24) is 10.6 Å². The summed E-state index contributed by atoms with van der Waals surface area (Å²) < 4.78 is 0. The van der Waals surface area contributed by atoms with Crippen LogP contribution in [0.15, 0.2) is 0 Å². The topological polar surface area (TPSA) is 78.4 Å².